The van der Waals surface area contributed by atoms with E-state index >= 15 is 0 Å². The molecule has 1 saturated heterocycles. The van der Waals surface area contributed by atoms with E-state index in [0.717, 1.165) is 36.5 Å². The van der Waals surface area contributed by atoms with Gasteiger partial charge in [-0.1, -0.05) is 57.0 Å². The van der Waals surface area contributed by atoms with Crippen molar-refractivity contribution in [3.63, 3.8) is 0 Å². The number of amides is 1. The number of sulfonamides is 1. The zero-order valence-electron chi connectivity index (χ0n) is 16.0. The van der Waals surface area contributed by atoms with Crippen LogP contribution >= 0.6 is 0 Å². The third-order valence-corrected chi connectivity index (χ3v) is 6.60. The molecule has 27 heavy (non-hydrogen) atoms. The summed E-state index contributed by atoms with van der Waals surface area (Å²) in [6.07, 6.45) is 4.21. The van der Waals surface area contributed by atoms with Gasteiger partial charge in [-0.25, -0.2) is 8.42 Å². The minimum Gasteiger partial charge on any atom is -0.341 e. The maximum atomic E-state index is 13.0. The lowest BCUT2D eigenvalue weighted by Crippen LogP contribution is -2.51. The second kappa shape index (κ2) is 8.40. The Balaban J connectivity index is 1.84. The van der Waals surface area contributed by atoms with Crippen LogP contribution in [0.2, 0.25) is 0 Å². The SMILES string of the molecule is CC(C)[C@H](NS(=O)(=O)c1ccc2ccccc2c1)C(=O)N1CCCCCC1. The molecule has 1 atom stereocenters. The van der Waals surface area contributed by atoms with Gasteiger partial charge in [-0.15, -0.1) is 0 Å². The van der Waals surface area contributed by atoms with E-state index in [4.69, 9.17) is 0 Å². The Bertz CT molecular complexity index is 901. The highest BCUT2D eigenvalue weighted by Crippen LogP contribution is 2.21. The van der Waals surface area contributed by atoms with Crippen molar-refractivity contribution in [2.24, 2.45) is 5.92 Å². The van der Waals surface area contributed by atoms with E-state index in [2.05, 4.69) is 4.72 Å². The highest BCUT2D eigenvalue weighted by molar-refractivity contribution is 7.89. The maximum absolute atomic E-state index is 13.0. The number of fused-ring (bicyclic) bond motifs is 1. The van der Waals surface area contributed by atoms with Gasteiger partial charge in [0, 0.05) is 13.1 Å². The summed E-state index contributed by atoms with van der Waals surface area (Å²) in [4.78, 5) is 15.0. The van der Waals surface area contributed by atoms with E-state index in [9.17, 15) is 13.2 Å². The normalized spacial score (nSPS) is 17.1. The molecule has 0 radical (unpaired) electrons. The first-order chi connectivity index (χ1) is 12.9. The van der Waals surface area contributed by atoms with Crippen molar-refractivity contribution in [2.45, 2.75) is 50.5 Å². The molecule has 0 bridgehead atoms. The molecular weight excluding hydrogens is 360 g/mol. The van der Waals surface area contributed by atoms with Crippen LogP contribution in [0.1, 0.15) is 39.5 Å². The summed E-state index contributed by atoms with van der Waals surface area (Å²) < 4.78 is 28.6. The Hall–Kier alpha value is -1.92. The largest absolute Gasteiger partial charge is 0.341 e. The quantitative estimate of drug-likeness (QED) is 0.852. The van der Waals surface area contributed by atoms with Crippen LogP contribution in [0.4, 0.5) is 0 Å². The number of hydrogen-bond acceptors (Lipinski definition) is 3. The lowest BCUT2D eigenvalue weighted by molar-refractivity contribution is -0.134. The van der Waals surface area contributed by atoms with Gasteiger partial charge in [0.05, 0.1) is 4.90 Å². The Labute approximate surface area is 161 Å². The van der Waals surface area contributed by atoms with Gasteiger partial charge in [0.15, 0.2) is 0 Å². The second-order valence-corrected chi connectivity index (χ2v) is 9.31. The minimum absolute atomic E-state index is 0.115. The van der Waals surface area contributed by atoms with Gasteiger partial charge in [0.1, 0.15) is 6.04 Å². The average molecular weight is 389 g/mol. The van der Waals surface area contributed by atoms with Crippen molar-refractivity contribution < 1.29 is 13.2 Å². The van der Waals surface area contributed by atoms with E-state index in [1.807, 2.05) is 43.0 Å². The zero-order chi connectivity index (χ0) is 19.4. The highest BCUT2D eigenvalue weighted by atomic mass is 32.2. The topological polar surface area (TPSA) is 66.5 Å². The fourth-order valence-electron chi connectivity index (χ4n) is 3.53. The van der Waals surface area contributed by atoms with Gasteiger partial charge >= 0.3 is 0 Å². The van der Waals surface area contributed by atoms with Crippen LogP contribution in [0.3, 0.4) is 0 Å². The number of nitrogens with one attached hydrogen (secondary N) is 1. The first-order valence-corrected chi connectivity index (χ1v) is 11.2. The van der Waals surface area contributed by atoms with E-state index in [-0.39, 0.29) is 16.7 Å². The van der Waals surface area contributed by atoms with Gasteiger partial charge in [0.2, 0.25) is 15.9 Å². The molecule has 6 heteroatoms. The van der Waals surface area contributed by atoms with Crippen molar-refractivity contribution in [3.8, 4) is 0 Å². The van der Waals surface area contributed by atoms with E-state index in [1.165, 1.54) is 0 Å². The van der Waals surface area contributed by atoms with Crippen molar-refractivity contribution in [2.75, 3.05) is 13.1 Å². The highest BCUT2D eigenvalue weighted by Gasteiger charge is 2.31. The first-order valence-electron chi connectivity index (χ1n) is 9.68. The summed E-state index contributed by atoms with van der Waals surface area (Å²) >= 11 is 0. The molecule has 0 spiro atoms. The fourth-order valence-corrected chi connectivity index (χ4v) is 4.90. The lowest BCUT2D eigenvalue weighted by atomic mass is 10.0. The Morgan fingerprint density at radius 1 is 0.963 bits per heavy atom. The van der Waals surface area contributed by atoms with Crippen LogP contribution in [-0.4, -0.2) is 38.4 Å². The molecule has 1 aliphatic heterocycles. The Morgan fingerprint density at radius 3 is 2.22 bits per heavy atom. The van der Waals surface area contributed by atoms with Gasteiger partial charge in [-0.2, -0.15) is 4.72 Å². The van der Waals surface area contributed by atoms with Gasteiger partial charge < -0.3 is 4.90 Å². The summed E-state index contributed by atoms with van der Waals surface area (Å²) in [7, 11) is -3.79. The van der Waals surface area contributed by atoms with E-state index < -0.39 is 16.1 Å². The zero-order valence-corrected chi connectivity index (χ0v) is 16.8. The number of carbonyl (C=O) groups is 1. The molecule has 0 saturated carbocycles. The van der Waals surface area contributed by atoms with Gasteiger partial charge in [-0.05, 0) is 41.7 Å². The molecule has 1 heterocycles. The number of likely N-dealkylation sites (tertiary alicyclic amines) is 1. The van der Waals surface area contributed by atoms with Crippen LogP contribution in [-0.2, 0) is 14.8 Å². The van der Waals surface area contributed by atoms with Crippen molar-refractivity contribution in [1.82, 2.24) is 9.62 Å². The smallest absolute Gasteiger partial charge is 0.241 e. The molecule has 1 aliphatic rings. The van der Waals surface area contributed by atoms with Crippen molar-refractivity contribution >= 4 is 26.7 Å². The molecule has 2 aromatic carbocycles. The predicted molar refractivity (Wildman–Crippen MR) is 108 cm³/mol. The third-order valence-electron chi connectivity index (χ3n) is 5.16. The molecule has 0 unspecified atom stereocenters. The fraction of sp³-hybridized carbons (Fsp3) is 0.476. The lowest BCUT2D eigenvalue weighted by Gasteiger charge is -2.28. The van der Waals surface area contributed by atoms with Crippen molar-refractivity contribution in [3.05, 3.63) is 42.5 Å². The van der Waals surface area contributed by atoms with Crippen LogP contribution < -0.4 is 4.72 Å². The molecule has 146 valence electrons. The number of rotatable bonds is 5. The van der Waals surface area contributed by atoms with Gasteiger partial charge in [-0.3, -0.25) is 4.79 Å². The van der Waals surface area contributed by atoms with Crippen LogP contribution in [0.15, 0.2) is 47.4 Å². The maximum Gasteiger partial charge on any atom is 0.241 e. The molecular formula is C21H28N2O3S. The molecule has 1 N–H and O–H groups in total. The Morgan fingerprint density at radius 2 is 1.59 bits per heavy atom. The number of benzene rings is 2. The van der Waals surface area contributed by atoms with Crippen LogP contribution in [0.5, 0.6) is 0 Å². The van der Waals surface area contributed by atoms with Crippen molar-refractivity contribution in [1.29, 1.82) is 0 Å². The monoisotopic (exact) mass is 388 g/mol. The molecule has 0 aromatic heterocycles. The molecule has 2 aromatic rings. The number of hydrogen-bond donors (Lipinski definition) is 1. The summed E-state index contributed by atoms with van der Waals surface area (Å²) in [5.74, 6) is -0.243. The molecule has 1 fully saturated rings. The molecule has 3 rings (SSSR count). The standard InChI is InChI=1S/C21H28N2O3S/c1-16(2)20(21(24)23-13-7-3-4-8-14-23)22-27(25,26)19-12-11-17-9-5-6-10-18(17)15-19/h5-6,9-12,15-16,20,22H,3-4,7-8,13-14H2,1-2H3/t20-/m0/s1. The third kappa shape index (κ3) is 4.68. The van der Waals surface area contributed by atoms with E-state index in [0.29, 0.717) is 13.1 Å². The van der Waals surface area contributed by atoms with Crippen LogP contribution in [0, 0.1) is 5.92 Å². The molecule has 5 nitrogen and oxygen atoms in total. The summed E-state index contributed by atoms with van der Waals surface area (Å²) in [6, 6.07) is 11.9. The summed E-state index contributed by atoms with van der Waals surface area (Å²) in [5.41, 5.74) is 0. The van der Waals surface area contributed by atoms with Gasteiger partial charge in [0.25, 0.3) is 0 Å². The molecule has 0 aliphatic carbocycles. The van der Waals surface area contributed by atoms with Crippen LogP contribution in [0.25, 0.3) is 10.8 Å². The second-order valence-electron chi connectivity index (χ2n) is 7.59. The first kappa shape index (κ1) is 19.8. The number of carbonyl (C=O) groups excluding carboxylic acids is 1. The summed E-state index contributed by atoms with van der Waals surface area (Å²) in [6.45, 7) is 5.17. The number of nitrogens with zero attached hydrogens (tertiary/aromatic N) is 1. The summed E-state index contributed by atoms with van der Waals surface area (Å²) in [5, 5.41) is 1.85. The average Bonchev–Trinajstić information content (AvgIpc) is 2.94. The van der Waals surface area contributed by atoms with E-state index in [1.54, 1.807) is 18.2 Å². The minimum atomic E-state index is -3.79. The molecule has 1 amide bonds. The predicted octanol–water partition coefficient (Wildman–Crippen LogP) is 3.55. The Kier molecular flexibility index (Phi) is 6.17.